The summed E-state index contributed by atoms with van der Waals surface area (Å²) in [6.45, 7) is 0. The maximum atomic E-state index is 12.3. The van der Waals surface area contributed by atoms with E-state index in [0.717, 1.165) is 22.4 Å². The van der Waals surface area contributed by atoms with Gasteiger partial charge in [0.15, 0.2) is 5.82 Å². The lowest BCUT2D eigenvalue weighted by atomic mass is 10.1. The molecule has 28 heavy (non-hydrogen) atoms. The summed E-state index contributed by atoms with van der Waals surface area (Å²) in [5.41, 5.74) is 3.84. The van der Waals surface area contributed by atoms with E-state index in [1.165, 1.54) is 6.33 Å². The van der Waals surface area contributed by atoms with Crippen LogP contribution in [0.15, 0.2) is 65.3 Å². The Morgan fingerprint density at radius 2 is 1.93 bits per heavy atom. The monoisotopic (exact) mass is 388 g/mol. The van der Waals surface area contributed by atoms with Crippen LogP contribution in [-0.4, -0.2) is 21.1 Å². The summed E-state index contributed by atoms with van der Waals surface area (Å²) in [4.78, 5) is 15.3. The maximum absolute atomic E-state index is 12.3. The lowest BCUT2D eigenvalue weighted by Gasteiger charge is -2.01. The van der Waals surface area contributed by atoms with Crippen molar-refractivity contribution in [1.82, 2.24) is 15.2 Å². The summed E-state index contributed by atoms with van der Waals surface area (Å²) in [6.07, 6.45) is 3.26. The number of nitrogens with one attached hydrogen (secondary N) is 2. The van der Waals surface area contributed by atoms with Gasteiger partial charge in [0.25, 0.3) is 5.91 Å². The Hall–Kier alpha value is -3.64. The van der Waals surface area contributed by atoms with Crippen LogP contribution in [0.2, 0.25) is 5.02 Å². The summed E-state index contributed by atoms with van der Waals surface area (Å²) in [5.74, 6) is 1.78. The Kier molecular flexibility index (Phi) is 3.84. The van der Waals surface area contributed by atoms with E-state index in [0.29, 0.717) is 27.9 Å². The van der Waals surface area contributed by atoms with Crippen LogP contribution in [0.4, 0.5) is 5.69 Å². The molecule has 0 saturated carbocycles. The summed E-state index contributed by atoms with van der Waals surface area (Å²) in [7, 11) is 0. The van der Waals surface area contributed by atoms with Gasteiger partial charge in [0.1, 0.15) is 17.8 Å². The predicted molar refractivity (Wildman–Crippen MR) is 107 cm³/mol. The number of rotatable bonds is 3. The van der Waals surface area contributed by atoms with Crippen LogP contribution >= 0.6 is 11.6 Å². The van der Waals surface area contributed by atoms with Crippen LogP contribution in [0.1, 0.15) is 11.3 Å². The van der Waals surface area contributed by atoms with Crippen LogP contribution in [-0.2, 0) is 4.79 Å². The van der Waals surface area contributed by atoms with Gasteiger partial charge in [0.2, 0.25) is 0 Å². The highest BCUT2D eigenvalue weighted by Crippen LogP contribution is 2.35. The number of halogens is 1. The first-order valence-corrected chi connectivity index (χ1v) is 8.95. The molecule has 2 aromatic heterocycles. The molecule has 0 atom stereocenters. The minimum atomic E-state index is -0.178. The van der Waals surface area contributed by atoms with Crippen LogP contribution < -0.4 is 5.32 Å². The molecule has 0 bridgehead atoms. The normalized spacial score (nSPS) is 14.3. The average Bonchev–Trinajstić information content (AvgIpc) is 3.44. The van der Waals surface area contributed by atoms with Gasteiger partial charge in [-0.1, -0.05) is 29.8 Å². The minimum absolute atomic E-state index is 0.178. The van der Waals surface area contributed by atoms with Crippen molar-refractivity contribution in [3.8, 4) is 22.7 Å². The van der Waals surface area contributed by atoms with Crippen LogP contribution in [0, 0.1) is 0 Å². The fraction of sp³-hybridized carbons (Fsp3) is 0. The number of aromatic nitrogens is 3. The molecule has 0 aliphatic carbocycles. The fourth-order valence-corrected chi connectivity index (χ4v) is 3.37. The predicted octanol–water partition coefficient (Wildman–Crippen LogP) is 4.88. The number of carbonyl (C=O) groups is 1. The molecule has 0 radical (unpaired) electrons. The van der Waals surface area contributed by atoms with Crippen molar-refractivity contribution < 1.29 is 9.21 Å². The minimum Gasteiger partial charge on any atom is -0.457 e. The molecule has 2 N–H and O–H groups in total. The van der Waals surface area contributed by atoms with Gasteiger partial charge in [-0.05, 0) is 42.5 Å². The van der Waals surface area contributed by atoms with Crippen LogP contribution in [0.25, 0.3) is 34.4 Å². The number of amides is 1. The number of furan rings is 1. The number of fused-ring (bicyclic) bond motifs is 1. The van der Waals surface area contributed by atoms with E-state index in [4.69, 9.17) is 16.0 Å². The van der Waals surface area contributed by atoms with Crippen molar-refractivity contribution >= 4 is 34.8 Å². The van der Waals surface area contributed by atoms with Gasteiger partial charge < -0.3 is 14.7 Å². The first-order chi connectivity index (χ1) is 13.7. The second kappa shape index (κ2) is 6.51. The molecule has 1 aliphatic rings. The molecule has 1 aliphatic heterocycles. The third-order valence-corrected chi connectivity index (χ3v) is 4.75. The summed E-state index contributed by atoms with van der Waals surface area (Å²) in [6, 6.07) is 16.8. The van der Waals surface area contributed by atoms with Crippen LogP contribution in [0.3, 0.4) is 0 Å². The van der Waals surface area contributed by atoms with E-state index in [1.807, 2.05) is 36.4 Å². The number of nitrogens with zero attached hydrogens (tertiary/aromatic N) is 2. The first-order valence-electron chi connectivity index (χ1n) is 8.57. The molecule has 2 aromatic carbocycles. The molecular weight excluding hydrogens is 376 g/mol. The van der Waals surface area contributed by atoms with Gasteiger partial charge in [-0.25, -0.2) is 0 Å². The van der Waals surface area contributed by atoms with Gasteiger partial charge in [0, 0.05) is 27.4 Å². The molecule has 1 amide bonds. The van der Waals surface area contributed by atoms with E-state index < -0.39 is 0 Å². The lowest BCUT2D eigenvalue weighted by Crippen LogP contribution is -2.03. The number of carbonyl (C=O) groups excluding carboxylic acids is 1. The van der Waals surface area contributed by atoms with Crippen molar-refractivity contribution in [2.75, 3.05) is 5.32 Å². The SMILES string of the molecule is O=C1Nc2ccc(Cl)cc2/C1=C\c1ccc(-c2cccc(-c3nnc[nH]3)c2)o1. The van der Waals surface area contributed by atoms with Gasteiger partial charge >= 0.3 is 0 Å². The Bertz CT molecular complexity index is 1220. The van der Waals surface area contributed by atoms with Gasteiger partial charge in [0.05, 0.1) is 5.57 Å². The van der Waals surface area contributed by atoms with Crippen molar-refractivity contribution in [1.29, 1.82) is 0 Å². The molecule has 136 valence electrons. The standard InChI is InChI=1S/C21H13ClN4O2/c22-14-4-6-18-16(9-14)17(21(27)25-18)10-15-5-7-19(28-15)12-2-1-3-13(8-12)20-23-11-24-26-20/h1-11H,(H,25,27)(H,23,24,26)/b17-10+. The molecular formula is C21H13ClN4O2. The number of benzene rings is 2. The highest BCUT2D eigenvalue weighted by atomic mass is 35.5. The third kappa shape index (κ3) is 2.90. The summed E-state index contributed by atoms with van der Waals surface area (Å²) in [5, 5.41) is 11.2. The molecule has 0 saturated heterocycles. The van der Waals surface area contributed by atoms with Gasteiger partial charge in [-0.15, -0.1) is 10.2 Å². The zero-order valence-electron chi connectivity index (χ0n) is 14.4. The van der Waals surface area contributed by atoms with Crippen molar-refractivity contribution in [3.05, 3.63) is 77.3 Å². The van der Waals surface area contributed by atoms with E-state index in [-0.39, 0.29) is 5.91 Å². The molecule has 6 nitrogen and oxygen atoms in total. The Labute approximate surface area is 164 Å². The molecule has 0 fully saturated rings. The lowest BCUT2D eigenvalue weighted by molar-refractivity contribution is -0.110. The van der Waals surface area contributed by atoms with Crippen LogP contribution in [0.5, 0.6) is 0 Å². The highest BCUT2D eigenvalue weighted by Gasteiger charge is 2.24. The molecule has 4 aromatic rings. The summed E-state index contributed by atoms with van der Waals surface area (Å²) < 4.78 is 5.96. The zero-order valence-corrected chi connectivity index (χ0v) is 15.2. The second-order valence-electron chi connectivity index (χ2n) is 6.32. The average molecular weight is 389 g/mol. The number of hydrogen-bond acceptors (Lipinski definition) is 4. The molecule has 3 heterocycles. The van der Waals surface area contributed by atoms with E-state index in [2.05, 4.69) is 20.5 Å². The first kappa shape index (κ1) is 16.5. The largest absolute Gasteiger partial charge is 0.457 e. The molecule has 0 unspecified atom stereocenters. The van der Waals surface area contributed by atoms with Gasteiger partial charge in [-0.3, -0.25) is 4.79 Å². The second-order valence-corrected chi connectivity index (χ2v) is 6.76. The molecule has 7 heteroatoms. The van der Waals surface area contributed by atoms with Crippen molar-refractivity contribution in [2.24, 2.45) is 0 Å². The van der Waals surface area contributed by atoms with E-state index in [1.54, 1.807) is 24.3 Å². The number of anilines is 1. The maximum Gasteiger partial charge on any atom is 0.256 e. The number of hydrogen-bond donors (Lipinski definition) is 2. The van der Waals surface area contributed by atoms with Crippen molar-refractivity contribution in [2.45, 2.75) is 0 Å². The topological polar surface area (TPSA) is 83.8 Å². The zero-order chi connectivity index (χ0) is 19.1. The third-order valence-electron chi connectivity index (χ3n) is 4.52. The number of H-pyrrole nitrogens is 1. The highest BCUT2D eigenvalue weighted by molar-refractivity contribution is 6.36. The quantitative estimate of drug-likeness (QED) is 0.490. The summed E-state index contributed by atoms with van der Waals surface area (Å²) >= 11 is 6.08. The smallest absolute Gasteiger partial charge is 0.256 e. The van der Waals surface area contributed by atoms with Crippen molar-refractivity contribution in [3.63, 3.8) is 0 Å². The Balaban J connectivity index is 1.50. The fourth-order valence-electron chi connectivity index (χ4n) is 3.20. The number of aromatic amines is 1. The Morgan fingerprint density at radius 1 is 1.04 bits per heavy atom. The molecule has 5 rings (SSSR count). The van der Waals surface area contributed by atoms with E-state index in [9.17, 15) is 4.79 Å². The Morgan fingerprint density at radius 3 is 2.79 bits per heavy atom. The van der Waals surface area contributed by atoms with E-state index >= 15 is 0 Å². The molecule has 0 spiro atoms. The van der Waals surface area contributed by atoms with Gasteiger partial charge in [-0.2, -0.15) is 0 Å².